The lowest BCUT2D eigenvalue weighted by molar-refractivity contribution is -0.131. The van der Waals surface area contributed by atoms with Crippen molar-refractivity contribution in [2.24, 2.45) is 0 Å². The van der Waals surface area contributed by atoms with E-state index in [0.29, 0.717) is 13.0 Å². The fourth-order valence-corrected chi connectivity index (χ4v) is 1.89. The number of nitrogens with zero attached hydrogens (tertiary/aromatic N) is 1. The second-order valence-corrected chi connectivity index (χ2v) is 5.66. The molecule has 1 amide bonds. The van der Waals surface area contributed by atoms with Crippen LogP contribution in [-0.2, 0) is 11.2 Å². The highest BCUT2D eigenvalue weighted by Gasteiger charge is 2.19. The molecule has 0 unspecified atom stereocenters. The lowest BCUT2D eigenvalue weighted by Crippen LogP contribution is -2.40. The number of hydrogen-bond acceptors (Lipinski definition) is 2. The van der Waals surface area contributed by atoms with Crippen molar-refractivity contribution in [1.29, 1.82) is 0 Å². The monoisotopic (exact) mass is 249 g/mol. The topological polar surface area (TPSA) is 40.5 Å². The van der Waals surface area contributed by atoms with Crippen molar-refractivity contribution in [2.45, 2.75) is 39.7 Å². The van der Waals surface area contributed by atoms with Crippen LogP contribution >= 0.6 is 0 Å². The highest BCUT2D eigenvalue weighted by atomic mass is 16.3. The molecular formula is C15H23NO2. The number of carbonyl (C=O) groups excluding carboxylic acids is 1. The molecule has 18 heavy (non-hydrogen) atoms. The Kier molecular flexibility index (Phi) is 4.52. The molecule has 0 radical (unpaired) electrons. The van der Waals surface area contributed by atoms with Gasteiger partial charge in [-0.1, -0.05) is 18.2 Å². The molecule has 3 heteroatoms. The summed E-state index contributed by atoms with van der Waals surface area (Å²) < 4.78 is 0. The van der Waals surface area contributed by atoms with Crippen LogP contribution in [0.3, 0.4) is 0 Å². The highest BCUT2D eigenvalue weighted by Crippen LogP contribution is 2.12. The van der Waals surface area contributed by atoms with Gasteiger partial charge in [-0.15, -0.1) is 0 Å². The van der Waals surface area contributed by atoms with Crippen LogP contribution in [0.15, 0.2) is 18.2 Å². The summed E-state index contributed by atoms with van der Waals surface area (Å²) in [6.45, 7) is 7.85. The Morgan fingerprint density at radius 1 is 1.28 bits per heavy atom. The molecule has 1 N–H and O–H groups in total. The van der Waals surface area contributed by atoms with Crippen LogP contribution in [-0.4, -0.2) is 35.1 Å². The molecular weight excluding hydrogens is 226 g/mol. The van der Waals surface area contributed by atoms with E-state index in [0.717, 1.165) is 5.56 Å². The standard InChI is InChI=1S/C15H23NO2/c1-11-6-7-13(8-12(11)2)9-14(17)16(5)10-15(3,4)18/h6-8,18H,9-10H2,1-5H3. The molecule has 0 aliphatic rings. The Bertz CT molecular complexity index is 433. The number of carbonyl (C=O) groups is 1. The minimum absolute atomic E-state index is 0.0281. The molecule has 0 spiro atoms. The summed E-state index contributed by atoms with van der Waals surface area (Å²) in [5.74, 6) is 0.0281. The van der Waals surface area contributed by atoms with Crippen LogP contribution in [0.1, 0.15) is 30.5 Å². The van der Waals surface area contributed by atoms with Crippen LogP contribution in [0.2, 0.25) is 0 Å². The zero-order chi connectivity index (χ0) is 13.9. The van der Waals surface area contributed by atoms with Gasteiger partial charge in [0.2, 0.25) is 5.91 Å². The molecule has 3 nitrogen and oxygen atoms in total. The fraction of sp³-hybridized carbons (Fsp3) is 0.533. The van der Waals surface area contributed by atoms with Crippen LogP contribution in [0.5, 0.6) is 0 Å². The Morgan fingerprint density at radius 2 is 1.89 bits per heavy atom. The van der Waals surface area contributed by atoms with Crippen molar-refractivity contribution in [3.63, 3.8) is 0 Å². The first-order chi connectivity index (χ1) is 8.19. The van der Waals surface area contributed by atoms with Gasteiger partial charge in [-0.2, -0.15) is 0 Å². The summed E-state index contributed by atoms with van der Waals surface area (Å²) in [7, 11) is 1.72. The van der Waals surface area contributed by atoms with Crippen molar-refractivity contribution < 1.29 is 9.90 Å². The van der Waals surface area contributed by atoms with Gasteiger partial charge >= 0.3 is 0 Å². The lowest BCUT2D eigenvalue weighted by atomic mass is 10.0. The number of aryl methyl sites for hydroxylation is 2. The molecule has 0 atom stereocenters. The predicted molar refractivity (Wildman–Crippen MR) is 73.6 cm³/mol. The molecule has 100 valence electrons. The molecule has 0 bridgehead atoms. The van der Waals surface area contributed by atoms with E-state index in [4.69, 9.17) is 0 Å². The zero-order valence-corrected chi connectivity index (χ0v) is 11.9. The Labute approximate surface area is 109 Å². The van der Waals surface area contributed by atoms with E-state index >= 15 is 0 Å². The summed E-state index contributed by atoms with van der Waals surface area (Å²) in [6.07, 6.45) is 0.383. The summed E-state index contributed by atoms with van der Waals surface area (Å²) in [5, 5.41) is 9.69. The van der Waals surface area contributed by atoms with Crippen molar-refractivity contribution in [2.75, 3.05) is 13.6 Å². The van der Waals surface area contributed by atoms with Crippen LogP contribution in [0.4, 0.5) is 0 Å². The van der Waals surface area contributed by atoms with Crippen molar-refractivity contribution in [3.05, 3.63) is 34.9 Å². The van der Waals surface area contributed by atoms with E-state index in [1.807, 2.05) is 25.1 Å². The summed E-state index contributed by atoms with van der Waals surface area (Å²) >= 11 is 0. The minimum atomic E-state index is -0.854. The largest absolute Gasteiger partial charge is 0.389 e. The Balaban J connectivity index is 2.67. The summed E-state index contributed by atoms with van der Waals surface area (Å²) in [5.41, 5.74) is 2.60. The van der Waals surface area contributed by atoms with Gasteiger partial charge in [0.25, 0.3) is 0 Å². The number of benzene rings is 1. The van der Waals surface area contributed by atoms with E-state index in [1.165, 1.54) is 11.1 Å². The molecule has 0 aliphatic carbocycles. The van der Waals surface area contributed by atoms with E-state index in [1.54, 1.807) is 25.8 Å². The van der Waals surface area contributed by atoms with Crippen molar-refractivity contribution in [1.82, 2.24) is 4.90 Å². The maximum atomic E-state index is 12.0. The summed E-state index contributed by atoms with van der Waals surface area (Å²) in [4.78, 5) is 13.6. The van der Waals surface area contributed by atoms with E-state index in [2.05, 4.69) is 6.92 Å². The number of aliphatic hydroxyl groups is 1. The van der Waals surface area contributed by atoms with Gasteiger partial charge in [0.1, 0.15) is 0 Å². The highest BCUT2D eigenvalue weighted by molar-refractivity contribution is 5.78. The van der Waals surface area contributed by atoms with E-state index in [-0.39, 0.29) is 5.91 Å². The number of rotatable bonds is 4. The normalized spacial score (nSPS) is 11.4. The van der Waals surface area contributed by atoms with Crippen molar-refractivity contribution in [3.8, 4) is 0 Å². The third-order valence-corrected chi connectivity index (χ3v) is 2.98. The fourth-order valence-electron chi connectivity index (χ4n) is 1.89. The quantitative estimate of drug-likeness (QED) is 0.887. The maximum absolute atomic E-state index is 12.0. The first-order valence-electron chi connectivity index (χ1n) is 6.21. The SMILES string of the molecule is Cc1ccc(CC(=O)N(C)CC(C)(C)O)cc1C. The zero-order valence-electron chi connectivity index (χ0n) is 11.9. The average Bonchev–Trinajstić information content (AvgIpc) is 2.21. The Morgan fingerprint density at radius 3 is 2.39 bits per heavy atom. The lowest BCUT2D eigenvalue weighted by Gasteiger charge is -2.25. The van der Waals surface area contributed by atoms with E-state index < -0.39 is 5.60 Å². The van der Waals surface area contributed by atoms with Gasteiger partial charge in [0.15, 0.2) is 0 Å². The minimum Gasteiger partial charge on any atom is -0.389 e. The van der Waals surface area contributed by atoms with Crippen LogP contribution < -0.4 is 0 Å². The third-order valence-electron chi connectivity index (χ3n) is 2.98. The molecule has 0 saturated carbocycles. The Hall–Kier alpha value is -1.35. The average molecular weight is 249 g/mol. The van der Waals surface area contributed by atoms with Gasteiger partial charge < -0.3 is 10.0 Å². The van der Waals surface area contributed by atoms with Gasteiger partial charge in [-0.05, 0) is 44.4 Å². The molecule has 1 aromatic rings. The molecule has 0 saturated heterocycles. The van der Waals surface area contributed by atoms with Crippen LogP contribution in [0.25, 0.3) is 0 Å². The molecule has 1 aromatic carbocycles. The number of likely N-dealkylation sites (N-methyl/N-ethyl adjacent to an activating group) is 1. The second-order valence-electron chi connectivity index (χ2n) is 5.66. The first-order valence-corrected chi connectivity index (χ1v) is 6.21. The third kappa shape index (κ3) is 4.49. The number of hydrogen-bond donors (Lipinski definition) is 1. The van der Waals surface area contributed by atoms with Crippen molar-refractivity contribution >= 4 is 5.91 Å². The number of amides is 1. The van der Waals surface area contributed by atoms with Gasteiger partial charge in [0.05, 0.1) is 12.0 Å². The van der Waals surface area contributed by atoms with Gasteiger partial charge in [-0.3, -0.25) is 4.79 Å². The van der Waals surface area contributed by atoms with Crippen LogP contribution in [0, 0.1) is 13.8 Å². The van der Waals surface area contributed by atoms with Gasteiger partial charge in [-0.25, -0.2) is 0 Å². The molecule has 0 aliphatic heterocycles. The van der Waals surface area contributed by atoms with Gasteiger partial charge in [0, 0.05) is 13.6 Å². The van der Waals surface area contributed by atoms with E-state index in [9.17, 15) is 9.90 Å². The molecule has 1 rings (SSSR count). The summed E-state index contributed by atoms with van der Waals surface area (Å²) in [6, 6.07) is 6.07. The molecule has 0 fully saturated rings. The molecule has 0 aromatic heterocycles. The first kappa shape index (κ1) is 14.7. The smallest absolute Gasteiger partial charge is 0.226 e. The predicted octanol–water partition coefficient (Wildman–Crippen LogP) is 2.08. The second kappa shape index (κ2) is 5.53. The maximum Gasteiger partial charge on any atom is 0.226 e. The molecule has 0 heterocycles.